The van der Waals surface area contributed by atoms with Crippen LogP contribution in [0.2, 0.25) is 0 Å². The van der Waals surface area contributed by atoms with Crippen molar-refractivity contribution in [1.29, 1.82) is 0 Å². The summed E-state index contributed by atoms with van der Waals surface area (Å²) in [7, 11) is 0. The van der Waals surface area contributed by atoms with Gasteiger partial charge in [-0.25, -0.2) is 0 Å². The summed E-state index contributed by atoms with van der Waals surface area (Å²) in [5.74, 6) is 0. The van der Waals surface area contributed by atoms with Gasteiger partial charge in [0.1, 0.15) is 0 Å². The smallest absolute Gasteiger partial charge is 0.193 e. The molecule has 0 spiro atoms. The van der Waals surface area contributed by atoms with Gasteiger partial charge in [0.15, 0.2) is 10.9 Å². The zero-order valence-corrected chi connectivity index (χ0v) is 14.7. The maximum absolute atomic E-state index is 13.0. The van der Waals surface area contributed by atoms with Crippen LogP contribution in [0.25, 0.3) is 21.8 Å². The zero-order valence-electron chi connectivity index (χ0n) is 14.7. The van der Waals surface area contributed by atoms with E-state index in [1.807, 2.05) is 50.2 Å². The molecule has 0 amide bonds. The first-order valence-electron chi connectivity index (χ1n) is 8.81. The zero-order chi connectivity index (χ0) is 18.0. The van der Waals surface area contributed by atoms with Gasteiger partial charge in [0, 0.05) is 46.1 Å². The minimum Gasteiger partial charge on any atom is -0.357 e. The molecule has 128 valence electrons. The van der Waals surface area contributed by atoms with E-state index in [4.69, 9.17) is 0 Å². The summed E-state index contributed by atoms with van der Waals surface area (Å²) >= 11 is 0. The summed E-state index contributed by atoms with van der Waals surface area (Å²) in [6.07, 6.45) is 0.923. The number of rotatable bonds is 0. The standard InChI is InChI=1S/C22H18N2O2/c1-11-5-3-7-13-19(11)23-17-9-16-18(10-15(17)21(13)25)24-20-12(2)6-4-8-14(20)22(16)26/h3-8H,9-10H2,1-2H3,(H,23,25)(H,24,26). The number of aromatic nitrogens is 2. The number of H-pyrrole nitrogens is 2. The molecule has 0 bridgehead atoms. The van der Waals surface area contributed by atoms with E-state index in [2.05, 4.69) is 9.97 Å². The van der Waals surface area contributed by atoms with Gasteiger partial charge in [-0.2, -0.15) is 0 Å². The molecule has 0 fully saturated rings. The number of fused-ring (bicyclic) bond motifs is 4. The third-order valence-electron chi connectivity index (χ3n) is 5.57. The van der Waals surface area contributed by atoms with Crippen molar-refractivity contribution in [3.63, 3.8) is 0 Å². The number of aromatic amines is 2. The molecule has 26 heavy (non-hydrogen) atoms. The molecule has 1 aliphatic rings. The van der Waals surface area contributed by atoms with Crippen LogP contribution in [0, 0.1) is 13.8 Å². The highest BCUT2D eigenvalue weighted by atomic mass is 16.1. The number of para-hydroxylation sites is 2. The number of aryl methyl sites for hydroxylation is 2. The molecule has 2 heterocycles. The third-order valence-corrected chi connectivity index (χ3v) is 5.57. The van der Waals surface area contributed by atoms with Gasteiger partial charge < -0.3 is 9.97 Å². The van der Waals surface area contributed by atoms with Gasteiger partial charge in [-0.3, -0.25) is 9.59 Å². The van der Waals surface area contributed by atoms with E-state index in [0.717, 1.165) is 44.7 Å². The molecule has 0 aliphatic heterocycles. The van der Waals surface area contributed by atoms with Crippen LogP contribution < -0.4 is 10.9 Å². The molecule has 0 unspecified atom stereocenters. The average molecular weight is 342 g/mol. The fraction of sp³-hybridized carbons (Fsp3) is 0.182. The maximum Gasteiger partial charge on any atom is 0.193 e. The molecule has 4 aromatic rings. The van der Waals surface area contributed by atoms with Crippen LogP contribution in [-0.2, 0) is 12.8 Å². The van der Waals surface area contributed by atoms with Crippen LogP contribution in [-0.4, -0.2) is 9.97 Å². The largest absolute Gasteiger partial charge is 0.357 e. The Morgan fingerprint density at radius 3 is 1.54 bits per heavy atom. The van der Waals surface area contributed by atoms with Crippen molar-refractivity contribution in [3.8, 4) is 0 Å². The minimum absolute atomic E-state index is 0.0637. The highest BCUT2D eigenvalue weighted by Crippen LogP contribution is 2.26. The van der Waals surface area contributed by atoms with Gasteiger partial charge in [-0.15, -0.1) is 0 Å². The second-order valence-corrected chi connectivity index (χ2v) is 7.17. The number of nitrogens with one attached hydrogen (secondary N) is 2. The molecular weight excluding hydrogens is 324 g/mol. The van der Waals surface area contributed by atoms with Crippen LogP contribution in [0.1, 0.15) is 33.6 Å². The van der Waals surface area contributed by atoms with E-state index in [9.17, 15) is 9.59 Å². The topological polar surface area (TPSA) is 65.7 Å². The Hall–Kier alpha value is -3.14. The molecule has 4 heteroatoms. The summed E-state index contributed by atoms with van der Waals surface area (Å²) in [5.41, 5.74) is 7.19. The number of pyridine rings is 2. The second kappa shape index (κ2) is 5.18. The van der Waals surface area contributed by atoms with Gasteiger partial charge in [0.2, 0.25) is 0 Å². The number of hydrogen-bond donors (Lipinski definition) is 2. The lowest BCUT2D eigenvalue weighted by Crippen LogP contribution is -2.26. The van der Waals surface area contributed by atoms with Crippen molar-refractivity contribution >= 4 is 21.8 Å². The fourth-order valence-corrected chi connectivity index (χ4v) is 4.13. The Balaban J connectivity index is 1.82. The summed E-state index contributed by atoms with van der Waals surface area (Å²) in [6.45, 7) is 3.98. The molecule has 4 nitrogen and oxygen atoms in total. The van der Waals surface area contributed by atoms with Crippen molar-refractivity contribution in [2.45, 2.75) is 26.7 Å². The van der Waals surface area contributed by atoms with E-state index in [0.29, 0.717) is 23.6 Å². The normalized spacial score (nSPS) is 13.0. The van der Waals surface area contributed by atoms with Crippen LogP contribution in [0.3, 0.4) is 0 Å². The van der Waals surface area contributed by atoms with Crippen LogP contribution in [0.5, 0.6) is 0 Å². The van der Waals surface area contributed by atoms with Crippen molar-refractivity contribution < 1.29 is 0 Å². The molecule has 5 rings (SSSR count). The summed E-state index contributed by atoms with van der Waals surface area (Å²) in [6, 6.07) is 11.5. The minimum atomic E-state index is 0.0637. The first kappa shape index (κ1) is 15.1. The van der Waals surface area contributed by atoms with E-state index in [1.54, 1.807) is 0 Å². The molecule has 0 saturated carbocycles. The maximum atomic E-state index is 13.0. The van der Waals surface area contributed by atoms with Gasteiger partial charge in [0.25, 0.3) is 0 Å². The van der Waals surface area contributed by atoms with Crippen LogP contribution in [0.4, 0.5) is 0 Å². The van der Waals surface area contributed by atoms with Crippen molar-refractivity contribution in [3.05, 3.63) is 90.5 Å². The predicted octanol–water partition coefficient (Wildman–Crippen LogP) is 3.48. The van der Waals surface area contributed by atoms with Gasteiger partial charge in [-0.1, -0.05) is 24.3 Å². The number of benzene rings is 2. The Kier molecular flexibility index (Phi) is 3.02. The summed E-state index contributed by atoms with van der Waals surface area (Å²) in [5, 5.41) is 1.43. The average Bonchev–Trinajstić information content (AvgIpc) is 2.63. The first-order chi connectivity index (χ1) is 12.5. The van der Waals surface area contributed by atoms with E-state index < -0.39 is 0 Å². The number of hydrogen-bond acceptors (Lipinski definition) is 2. The predicted molar refractivity (Wildman–Crippen MR) is 104 cm³/mol. The van der Waals surface area contributed by atoms with Crippen molar-refractivity contribution in [1.82, 2.24) is 9.97 Å². The van der Waals surface area contributed by atoms with Crippen LogP contribution >= 0.6 is 0 Å². The van der Waals surface area contributed by atoms with Crippen LogP contribution in [0.15, 0.2) is 46.0 Å². The van der Waals surface area contributed by atoms with E-state index in [-0.39, 0.29) is 10.9 Å². The Morgan fingerprint density at radius 1 is 0.692 bits per heavy atom. The van der Waals surface area contributed by atoms with Gasteiger partial charge in [-0.05, 0) is 37.1 Å². The molecule has 0 saturated heterocycles. The lowest BCUT2D eigenvalue weighted by Gasteiger charge is -2.21. The highest BCUT2D eigenvalue weighted by molar-refractivity contribution is 5.84. The Labute approximate surface area is 149 Å². The molecule has 2 N–H and O–H groups in total. The second-order valence-electron chi connectivity index (χ2n) is 7.17. The molecule has 1 aliphatic carbocycles. The molecule has 0 atom stereocenters. The quantitative estimate of drug-likeness (QED) is 0.452. The fourth-order valence-electron chi connectivity index (χ4n) is 4.13. The summed E-state index contributed by atoms with van der Waals surface area (Å²) in [4.78, 5) is 32.9. The van der Waals surface area contributed by atoms with Gasteiger partial charge in [0.05, 0.1) is 11.0 Å². The van der Waals surface area contributed by atoms with E-state index in [1.165, 1.54) is 0 Å². The molecular formula is C22H18N2O2. The van der Waals surface area contributed by atoms with Crippen molar-refractivity contribution in [2.75, 3.05) is 0 Å². The third kappa shape index (κ3) is 1.96. The SMILES string of the molecule is Cc1cccc2c(=O)c3c([nH]c12)Cc1c([nH]c2c(C)cccc2c1=O)C3. The molecule has 2 aromatic carbocycles. The lowest BCUT2D eigenvalue weighted by atomic mass is 9.89. The molecule has 0 radical (unpaired) electrons. The lowest BCUT2D eigenvalue weighted by molar-refractivity contribution is 0.903. The highest BCUT2D eigenvalue weighted by Gasteiger charge is 2.24. The van der Waals surface area contributed by atoms with Crippen molar-refractivity contribution in [2.24, 2.45) is 0 Å². The summed E-state index contributed by atoms with van der Waals surface area (Å²) < 4.78 is 0. The Bertz CT molecular complexity index is 1240. The van der Waals surface area contributed by atoms with Gasteiger partial charge >= 0.3 is 0 Å². The van der Waals surface area contributed by atoms with E-state index >= 15 is 0 Å². The molecule has 2 aromatic heterocycles. The monoisotopic (exact) mass is 342 g/mol. The Morgan fingerprint density at radius 2 is 1.12 bits per heavy atom. The first-order valence-corrected chi connectivity index (χ1v) is 8.81.